The number of aliphatic hydroxyl groups excluding tert-OH is 1. The number of hydrogen-bond acceptors (Lipinski definition) is 8. The van der Waals surface area contributed by atoms with Crippen LogP contribution < -0.4 is 15.4 Å². The number of piperazine rings is 1. The maximum absolute atomic E-state index is 12.5. The van der Waals surface area contributed by atoms with Crippen molar-refractivity contribution in [1.29, 1.82) is 0 Å². The Morgan fingerprint density at radius 2 is 1.84 bits per heavy atom. The van der Waals surface area contributed by atoms with Gasteiger partial charge in [-0.25, -0.2) is 4.98 Å². The maximum atomic E-state index is 12.5. The summed E-state index contributed by atoms with van der Waals surface area (Å²) in [4.78, 5) is 23.9. The maximum Gasteiger partial charge on any atom is 0.261 e. The van der Waals surface area contributed by atoms with Crippen LogP contribution in [0.1, 0.15) is 11.3 Å². The van der Waals surface area contributed by atoms with Gasteiger partial charge in [0.2, 0.25) is 0 Å². The molecule has 0 amide bonds. The molecule has 5 rings (SSSR count). The van der Waals surface area contributed by atoms with E-state index >= 15 is 0 Å². The van der Waals surface area contributed by atoms with Crippen molar-refractivity contribution in [1.82, 2.24) is 24.6 Å². The van der Waals surface area contributed by atoms with E-state index in [1.807, 2.05) is 18.2 Å². The summed E-state index contributed by atoms with van der Waals surface area (Å²) in [6.45, 7) is 5.61. The van der Waals surface area contributed by atoms with Gasteiger partial charge in [0, 0.05) is 51.4 Å². The van der Waals surface area contributed by atoms with Crippen molar-refractivity contribution in [2.45, 2.75) is 19.5 Å². The van der Waals surface area contributed by atoms with E-state index in [1.165, 1.54) is 16.5 Å². The summed E-state index contributed by atoms with van der Waals surface area (Å²) in [5, 5.41) is 18.6. The van der Waals surface area contributed by atoms with E-state index in [0.717, 1.165) is 62.9 Å². The first kappa shape index (κ1) is 19.9. The molecule has 1 saturated heterocycles. The summed E-state index contributed by atoms with van der Waals surface area (Å²) in [6.07, 6.45) is 2.47. The Labute approximate surface area is 180 Å². The molecule has 1 fully saturated rings. The van der Waals surface area contributed by atoms with Crippen LogP contribution in [0.4, 0.5) is 11.5 Å². The zero-order chi connectivity index (χ0) is 21.4. The first-order valence-electron chi connectivity index (χ1n) is 10.8. The van der Waals surface area contributed by atoms with Crippen molar-refractivity contribution >= 4 is 22.4 Å². The van der Waals surface area contributed by atoms with Gasteiger partial charge in [-0.15, -0.1) is 5.10 Å². The Hall–Kier alpha value is -3.04. The fourth-order valence-corrected chi connectivity index (χ4v) is 4.42. The lowest BCUT2D eigenvalue weighted by molar-refractivity contribution is 0.274. The first-order chi connectivity index (χ1) is 15.1. The molecule has 2 aromatic heterocycles. The minimum Gasteiger partial charge on any atom is -0.395 e. The van der Waals surface area contributed by atoms with Gasteiger partial charge >= 0.3 is 0 Å². The number of rotatable bonds is 4. The highest BCUT2D eigenvalue weighted by molar-refractivity contribution is 5.81. The summed E-state index contributed by atoms with van der Waals surface area (Å²) in [7, 11) is 2.14. The average molecular weight is 422 g/mol. The molecule has 9 nitrogen and oxygen atoms in total. The Morgan fingerprint density at radius 3 is 2.65 bits per heavy atom. The van der Waals surface area contributed by atoms with Gasteiger partial charge in [-0.3, -0.25) is 9.36 Å². The Morgan fingerprint density at radius 1 is 1.03 bits per heavy atom. The van der Waals surface area contributed by atoms with Crippen LogP contribution in [-0.4, -0.2) is 76.1 Å². The van der Waals surface area contributed by atoms with Crippen molar-refractivity contribution in [3.63, 3.8) is 0 Å². The number of nitrogens with zero attached hydrogens (tertiary/aromatic N) is 7. The second kappa shape index (κ2) is 8.24. The van der Waals surface area contributed by atoms with Crippen molar-refractivity contribution in [3.05, 3.63) is 52.2 Å². The molecule has 162 valence electrons. The fraction of sp³-hybridized carbons (Fsp3) is 0.455. The molecule has 3 aromatic rings. The molecule has 0 bridgehead atoms. The van der Waals surface area contributed by atoms with E-state index in [1.54, 1.807) is 0 Å². The first-order valence-corrected chi connectivity index (χ1v) is 10.8. The van der Waals surface area contributed by atoms with Crippen molar-refractivity contribution in [3.8, 4) is 0 Å². The number of benzene rings is 1. The Kier molecular flexibility index (Phi) is 5.29. The van der Waals surface area contributed by atoms with Gasteiger partial charge in [0.25, 0.3) is 5.56 Å². The lowest BCUT2D eigenvalue weighted by Gasteiger charge is -2.37. The number of anilines is 2. The molecule has 2 aliphatic heterocycles. The van der Waals surface area contributed by atoms with Gasteiger partial charge in [0.1, 0.15) is 0 Å². The van der Waals surface area contributed by atoms with Gasteiger partial charge in [0.05, 0.1) is 36.1 Å². The van der Waals surface area contributed by atoms with Crippen LogP contribution in [0.2, 0.25) is 0 Å². The highest BCUT2D eigenvalue weighted by Gasteiger charge is 2.22. The smallest absolute Gasteiger partial charge is 0.261 e. The monoisotopic (exact) mass is 421 g/mol. The molecule has 2 aliphatic rings. The van der Waals surface area contributed by atoms with Crippen molar-refractivity contribution in [2.24, 2.45) is 0 Å². The van der Waals surface area contributed by atoms with Crippen molar-refractivity contribution < 1.29 is 5.11 Å². The summed E-state index contributed by atoms with van der Waals surface area (Å²) >= 11 is 0. The molecule has 0 aliphatic carbocycles. The van der Waals surface area contributed by atoms with Crippen LogP contribution in [0.3, 0.4) is 0 Å². The number of aliphatic hydroxyl groups is 1. The lowest BCUT2D eigenvalue weighted by Crippen LogP contribution is -2.47. The minimum atomic E-state index is -0.118. The fourth-order valence-electron chi connectivity index (χ4n) is 4.42. The second-order valence-corrected chi connectivity index (χ2v) is 8.30. The quantitative estimate of drug-likeness (QED) is 0.651. The van der Waals surface area contributed by atoms with Crippen molar-refractivity contribution in [2.75, 3.05) is 56.2 Å². The largest absolute Gasteiger partial charge is 0.395 e. The lowest BCUT2D eigenvalue weighted by atomic mass is 10.1. The number of fused-ring (bicyclic) bond motifs is 2. The highest BCUT2D eigenvalue weighted by Crippen LogP contribution is 2.24. The number of aromatic nitrogens is 4. The molecule has 0 spiro atoms. The molecule has 0 saturated carbocycles. The summed E-state index contributed by atoms with van der Waals surface area (Å²) in [5.41, 5.74) is 4.05. The van der Waals surface area contributed by atoms with Crippen LogP contribution in [-0.2, 0) is 19.5 Å². The minimum absolute atomic E-state index is 0.0826. The molecule has 4 heterocycles. The molecular weight excluding hydrogens is 394 g/mol. The van der Waals surface area contributed by atoms with Gasteiger partial charge in [-0.05, 0) is 36.9 Å². The third-order valence-corrected chi connectivity index (χ3v) is 6.24. The molecule has 1 N–H and O–H groups in total. The average Bonchev–Trinajstić information content (AvgIpc) is 2.80. The topological polar surface area (TPSA) is 90.6 Å². The molecule has 0 radical (unpaired) electrons. The van der Waals surface area contributed by atoms with Crippen LogP contribution in [0, 0.1) is 0 Å². The molecule has 0 unspecified atom stereocenters. The molecule has 0 atom stereocenters. The zero-order valence-electron chi connectivity index (χ0n) is 17.7. The number of likely N-dealkylation sites (N-methyl/N-ethyl adjacent to an activating group) is 1. The number of hydrogen-bond donors (Lipinski definition) is 1. The summed E-state index contributed by atoms with van der Waals surface area (Å²) in [6, 6.07) is 8.00. The highest BCUT2D eigenvalue weighted by atomic mass is 16.3. The Balaban J connectivity index is 1.30. The molecular formula is C22H27N7O2. The summed E-state index contributed by atoms with van der Waals surface area (Å²) in [5.74, 6) is 0.957. The van der Waals surface area contributed by atoms with E-state index in [9.17, 15) is 4.79 Å². The zero-order valence-corrected chi connectivity index (χ0v) is 17.7. The van der Waals surface area contributed by atoms with E-state index < -0.39 is 0 Å². The molecule has 9 heteroatoms. The van der Waals surface area contributed by atoms with E-state index in [0.29, 0.717) is 10.9 Å². The predicted molar refractivity (Wildman–Crippen MR) is 120 cm³/mol. The SMILES string of the molecule is CN1CCc2nnc(N3CCN(c4ccc5c(=O)n(CCO)cnc5c4)CC3)cc2C1. The van der Waals surface area contributed by atoms with Crippen LogP contribution >= 0.6 is 0 Å². The second-order valence-electron chi connectivity index (χ2n) is 8.30. The van der Waals surface area contributed by atoms with Gasteiger partial charge in [0.15, 0.2) is 5.82 Å². The van der Waals surface area contributed by atoms with Gasteiger partial charge in [-0.2, -0.15) is 5.10 Å². The Bertz CT molecular complexity index is 1150. The summed E-state index contributed by atoms with van der Waals surface area (Å²) < 4.78 is 1.44. The van der Waals surface area contributed by atoms with Crippen LogP contribution in [0.25, 0.3) is 10.9 Å². The third-order valence-electron chi connectivity index (χ3n) is 6.24. The van der Waals surface area contributed by atoms with Crippen LogP contribution in [0.5, 0.6) is 0 Å². The van der Waals surface area contributed by atoms with E-state index in [2.05, 4.69) is 43.0 Å². The van der Waals surface area contributed by atoms with E-state index in [-0.39, 0.29) is 18.7 Å². The normalized spacial score (nSPS) is 17.2. The van der Waals surface area contributed by atoms with Crippen LogP contribution in [0.15, 0.2) is 35.4 Å². The molecule has 1 aromatic carbocycles. The predicted octanol–water partition coefficient (Wildman–Crippen LogP) is 0.493. The van der Waals surface area contributed by atoms with Gasteiger partial charge < -0.3 is 19.8 Å². The standard InChI is InChI=1S/C22H27N7O2/c1-26-5-4-19-16(14-26)12-21(25-24-19)28-8-6-27(7-9-28)17-2-3-18-20(13-17)23-15-29(10-11-30)22(18)31/h2-3,12-13,15,30H,4-11,14H2,1H3. The third kappa shape index (κ3) is 3.86. The molecule has 31 heavy (non-hydrogen) atoms. The van der Waals surface area contributed by atoms with Gasteiger partial charge in [-0.1, -0.05) is 0 Å². The van der Waals surface area contributed by atoms with E-state index in [4.69, 9.17) is 5.11 Å².